The Morgan fingerprint density at radius 2 is 1.67 bits per heavy atom. The zero-order chi connectivity index (χ0) is 18.6. The summed E-state index contributed by atoms with van der Waals surface area (Å²) < 4.78 is 5.70. The van der Waals surface area contributed by atoms with Gasteiger partial charge in [-0.25, -0.2) is 4.79 Å². The Labute approximate surface area is 160 Å². The van der Waals surface area contributed by atoms with E-state index in [1.54, 1.807) is 4.90 Å². The first-order valence-electron chi connectivity index (χ1n) is 9.73. The van der Waals surface area contributed by atoms with Gasteiger partial charge < -0.3 is 15.0 Å². The van der Waals surface area contributed by atoms with Gasteiger partial charge in [-0.2, -0.15) is 0 Å². The number of carbonyl (C=O) groups is 1. The molecule has 1 heterocycles. The molecule has 1 amide bonds. The molecular weight excluding hydrogens is 338 g/mol. The molecule has 142 valence electrons. The molecule has 0 atom stereocenters. The number of nitrogens with zero attached hydrogens (tertiary/aromatic N) is 2. The molecule has 4 rings (SSSR count). The fourth-order valence-corrected chi connectivity index (χ4v) is 4.02. The summed E-state index contributed by atoms with van der Waals surface area (Å²) in [5.74, 6) is 0.114. The van der Waals surface area contributed by atoms with E-state index in [9.17, 15) is 4.79 Å². The van der Waals surface area contributed by atoms with Crippen LogP contribution in [-0.4, -0.2) is 68.8 Å². The van der Waals surface area contributed by atoms with Crippen LogP contribution in [0.3, 0.4) is 0 Å². The van der Waals surface area contributed by atoms with Crippen LogP contribution < -0.4 is 5.32 Å². The predicted octanol–water partition coefficient (Wildman–Crippen LogP) is 2.77. The second-order valence-corrected chi connectivity index (χ2v) is 7.32. The van der Waals surface area contributed by atoms with Gasteiger partial charge >= 0.3 is 6.09 Å². The van der Waals surface area contributed by atoms with E-state index in [0.29, 0.717) is 13.2 Å². The molecule has 1 fully saturated rings. The van der Waals surface area contributed by atoms with E-state index < -0.39 is 0 Å². The molecule has 2 aromatic carbocycles. The molecule has 5 nitrogen and oxygen atoms in total. The Morgan fingerprint density at radius 3 is 2.30 bits per heavy atom. The fourth-order valence-electron chi connectivity index (χ4n) is 4.02. The van der Waals surface area contributed by atoms with Crippen LogP contribution in [0.25, 0.3) is 11.1 Å². The average molecular weight is 365 g/mol. The van der Waals surface area contributed by atoms with Crippen molar-refractivity contribution in [2.24, 2.45) is 0 Å². The van der Waals surface area contributed by atoms with Crippen LogP contribution in [0.1, 0.15) is 17.0 Å². The number of benzene rings is 2. The lowest BCUT2D eigenvalue weighted by Gasteiger charge is -2.29. The Hall–Kier alpha value is -2.37. The number of likely N-dealkylation sites (N-methyl/N-ethyl adjacent to an activating group) is 1. The summed E-state index contributed by atoms with van der Waals surface area (Å²) >= 11 is 0. The van der Waals surface area contributed by atoms with E-state index in [-0.39, 0.29) is 12.0 Å². The van der Waals surface area contributed by atoms with Crippen LogP contribution in [0.4, 0.5) is 4.79 Å². The minimum absolute atomic E-state index is 0.114. The molecule has 1 aliphatic heterocycles. The Balaban J connectivity index is 1.36. The van der Waals surface area contributed by atoms with Crippen LogP contribution in [-0.2, 0) is 4.74 Å². The van der Waals surface area contributed by atoms with Crippen molar-refractivity contribution in [1.29, 1.82) is 0 Å². The lowest BCUT2D eigenvalue weighted by atomic mass is 9.98. The van der Waals surface area contributed by atoms with Gasteiger partial charge in [0.2, 0.25) is 0 Å². The lowest BCUT2D eigenvalue weighted by Crippen LogP contribution is -2.46. The molecule has 1 aliphatic carbocycles. The molecule has 0 saturated carbocycles. The van der Waals surface area contributed by atoms with Crippen LogP contribution in [0, 0.1) is 0 Å². The molecule has 0 aromatic heterocycles. The topological polar surface area (TPSA) is 44.8 Å². The number of nitrogens with one attached hydrogen (secondary N) is 1. The number of rotatable bonds is 5. The summed E-state index contributed by atoms with van der Waals surface area (Å²) in [6.45, 7) is 6.09. The molecule has 27 heavy (non-hydrogen) atoms. The number of hydrogen-bond donors (Lipinski definition) is 1. The molecule has 5 heteroatoms. The first kappa shape index (κ1) is 18.0. The van der Waals surface area contributed by atoms with Crippen molar-refractivity contribution in [3.63, 3.8) is 0 Å². The Bertz CT molecular complexity index is 756. The Morgan fingerprint density at radius 1 is 1.07 bits per heavy atom. The SMILES string of the molecule is CN(CCN1CCNCC1)C(=O)OCC1c2ccccc2-c2ccccc21. The molecule has 0 unspecified atom stereocenters. The third-order valence-corrected chi connectivity index (χ3v) is 5.61. The van der Waals surface area contributed by atoms with Gasteiger partial charge in [0.15, 0.2) is 0 Å². The maximum absolute atomic E-state index is 12.5. The third-order valence-electron chi connectivity index (χ3n) is 5.61. The summed E-state index contributed by atoms with van der Waals surface area (Å²) in [5, 5.41) is 3.35. The van der Waals surface area contributed by atoms with Gasteiger partial charge in [0.05, 0.1) is 0 Å². The number of carbonyl (C=O) groups excluding carboxylic acids is 1. The first-order chi connectivity index (χ1) is 13.2. The second-order valence-electron chi connectivity index (χ2n) is 7.32. The van der Waals surface area contributed by atoms with Gasteiger partial charge in [-0.05, 0) is 22.3 Å². The monoisotopic (exact) mass is 365 g/mol. The van der Waals surface area contributed by atoms with E-state index in [1.165, 1.54) is 22.3 Å². The van der Waals surface area contributed by atoms with Crippen LogP contribution >= 0.6 is 0 Å². The highest BCUT2D eigenvalue weighted by molar-refractivity contribution is 5.79. The zero-order valence-electron chi connectivity index (χ0n) is 15.9. The third kappa shape index (κ3) is 3.84. The number of piperazine rings is 1. The molecule has 1 saturated heterocycles. The second kappa shape index (κ2) is 8.11. The van der Waals surface area contributed by atoms with Crippen molar-refractivity contribution in [3.8, 4) is 11.1 Å². The van der Waals surface area contributed by atoms with Gasteiger partial charge in [-0.3, -0.25) is 4.90 Å². The molecule has 0 radical (unpaired) electrons. The summed E-state index contributed by atoms with van der Waals surface area (Å²) in [4.78, 5) is 16.5. The number of amides is 1. The maximum Gasteiger partial charge on any atom is 0.409 e. The van der Waals surface area contributed by atoms with Crippen molar-refractivity contribution in [1.82, 2.24) is 15.1 Å². The van der Waals surface area contributed by atoms with Gasteiger partial charge in [-0.1, -0.05) is 48.5 Å². The van der Waals surface area contributed by atoms with Crippen molar-refractivity contribution >= 4 is 6.09 Å². The molecule has 2 aromatic rings. The smallest absolute Gasteiger partial charge is 0.409 e. The quantitative estimate of drug-likeness (QED) is 0.885. The largest absolute Gasteiger partial charge is 0.448 e. The van der Waals surface area contributed by atoms with E-state index in [1.807, 2.05) is 7.05 Å². The Kier molecular flexibility index (Phi) is 5.41. The number of ether oxygens (including phenoxy) is 1. The van der Waals surface area contributed by atoms with E-state index in [4.69, 9.17) is 4.74 Å². The highest BCUT2D eigenvalue weighted by atomic mass is 16.6. The minimum atomic E-state index is -0.244. The molecule has 0 spiro atoms. The van der Waals surface area contributed by atoms with Gasteiger partial charge in [0, 0.05) is 52.2 Å². The first-order valence-corrected chi connectivity index (χ1v) is 9.73. The van der Waals surface area contributed by atoms with Crippen molar-refractivity contribution in [2.75, 3.05) is 52.9 Å². The summed E-state index contributed by atoms with van der Waals surface area (Å²) in [5.41, 5.74) is 4.99. The van der Waals surface area contributed by atoms with E-state index in [2.05, 4.69) is 58.7 Å². The minimum Gasteiger partial charge on any atom is -0.448 e. The standard InChI is InChI=1S/C22H27N3O2/c1-24(14-15-25-12-10-23-11-13-25)22(26)27-16-21-19-8-4-2-6-17(19)18-7-3-5-9-20(18)21/h2-9,21,23H,10-16H2,1H3. The fraction of sp³-hybridized carbons (Fsp3) is 0.409. The van der Waals surface area contributed by atoms with Crippen LogP contribution in [0.5, 0.6) is 0 Å². The van der Waals surface area contributed by atoms with E-state index >= 15 is 0 Å². The molecule has 1 N–H and O–H groups in total. The highest BCUT2D eigenvalue weighted by Crippen LogP contribution is 2.44. The van der Waals surface area contributed by atoms with Crippen LogP contribution in [0.2, 0.25) is 0 Å². The number of fused-ring (bicyclic) bond motifs is 3. The van der Waals surface area contributed by atoms with Gasteiger partial charge in [0.25, 0.3) is 0 Å². The van der Waals surface area contributed by atoms with Crippen molar-refractivity contribution < 1.29 is 9.53 Å². The summed E-state index contributed by atoms with van der Waals surface area (Å²) in [6, 6.07) is 16.8. The maximum atomic E-state index is 12.5. The van der Waals surface area contributed by atoms with E-state index in [0.717, 1.165) is 32.7 Å². The molecule has 2 aliphatic rings. The molecule has 0 bridgehead atoms. The van der Waals surface area contributed by atoms with Crippen LogP contribution in [0.15, 0.2) is 48.5 Å². The van der Waals surface area contributed by atoms with Crippen molar-refractivity contribution in [3.05, 3.63) is 59.7 Å². The highest BCUT2D eigenvalue weighted by Gasteiger charge is 2.29. The zero-order valence-corrected chi connectivity index (χ0v) is 15.9. The summed E-state index contributed by atoms with van der Waals surface area (Å²) in [6.07, 6.45) is -0.244. The lowest BCUT2D eigenvalue weighted by molar-refractivity contribution is 0.103. The van der Waals surface area contributed by atoms with Gasteiger partial charge in [0.1, 0.15) is 6.61 Å². The molecular formula is C22H27N3O2. The normalized spacial score (nSPS) is 16.6. The van der Waals surface area contributed by atoms with Crippen molar-refractivity contribution in [2.45, 2.75) is 5.92 Å². The summed E-state index contributed by atoms with van der Waals surface area (Å²) in [7, 11) is 1.82. The average Bonchev–Trinajstić information content (AvgIpc) is 3.05. The predicted molar refractivity (Wildman–Crippen MR) is 107 cm³/mol. The van der Waals surface area contributed by atoms with Gasteiger partial charge in [-0.15, -0.1) is 0 Å². The number of hydrogen-bond acceptors (Lipinski definition) is 4.